The number of allylic oxidation sites excluding steroid dienone is 1. The van der Waals surface area contributed by atoms with Crippen molar-refractivity contribution in [2.45, 2.75) is 18.9 Å². The monoisotopic (exact) mass is 262 g/mol. The van der Waals surface area contributed by atoms with Gasteiger partial charge in [-0.15, -0.1) is 0 Å². The lowest BCUT2D eigenvalue weighted by atomic mass is 9.96. The Morgan fingerprint density at radius 2 is 2.17 bits per heavy atom. The number of benzene rings is 1. The molecule has 1 fully saturated rings. The van der Waals surface area contributed by atoms with Gasteiger partial charge in [0.05, 0.1) is 10.7 Å². The third-order valence-corrected chi connectivity index (χ3v) is 3.99. The summed E-state index contributed by atoms with van der Waals surface area (Å²) in [5.74, 6) is 1.25. The SMILES string of the molecule is N[C@H]1C[C@@H]1C1C=NC(c2cc(O)ccc2Cl)=CC1. The van der Waals surface area contributed by atoms with Crippen LogP contribution in [-0.4, -0.2) is 17.4 Å². The molecule has 18 heavy (non-hydrogen) atoms. The van der Waals surface area contributed by atoms with Gasteiger partial charge in [-0.25, -0.2) is 0 Å². The minimum Gasteiger partial charge on any atom is -0.508 e. The van der Waals surface area contributed by atoms with Crippen LogP contribution in [0.1, 0.15) is 18.4 Å². The highest BCUT2D eigenvalue weighted by Gasteiger charge is 2.39. The molecule has 3 rings (SSSR count). The molecule has 94 valence electrons. The molecule has 0 bridgehead atoms. The smallest absolute Gasteiger partial charge is 0.116 e. The topological polar surface area (TPSA) is 58.6 Å². The summed E-state index contributed by atoms with van der Waals surface area (Å²) in [6.45, 7) is 0. The second-order valence-electron chi connectivity index (χ2n) is 4.99. The van der Waals surface area contributed by atoms with Crippen LogP contribution >= 0.6 is 11.6 Å². The summed E-state index contributed by atoms with van der Waals surface area (Å²) in [7, 11) is 0. The molecule has 4 heteroatoms. The number of hydrogen-bond acceptors (Lipinski definition) is 3. The first-order valence-corrected chi connectivity index (χ1v) is 6.52. The van der Waals surface area contributed by atoms with Crippen molar-refractivity contribution in [3.8, 4) is 5.75 Å². The summed E-state index contributed by atoms with van der Waals surface area (Å²) in [6.07, 6.45) is 6.11. The third-order valence-electron chi connectivity index (χ3n) is 3.66. The van der Waals surface area contributed by atoms with E-state index >= 15 is 0 Å². The Balaban J connectivity index is 1.80. The number of aliphatic imine (C=N–C) groups is 1. The van der Waals surface area contributed by atoms with Gasteiger partial charge in [0.2, 0.25) is 0 Å². The molecule has 1 heterocycles. The molecule has 1 unspecified atom stereocenters. The van der Waals surface area contributed by atoms with E-state index in [0.29, 0.717) is 22.9 Å². The number of aromatic hydroxyl groups is 1. The van der Waals surface area contributed by atoms with E-state index in [9.17, 15) is 5.11 Å². The minimum atomic E-state index is 0.205. The maximum Gasteiger partial charge on any atom is 0.116 e. The Morgan fingerprint density at radius 3 is 2.78 bits per heavy atom. The highest BCUT2D eigenvalue weighted by Crippen LogP contribution is 2.40. The van der Waals surface area contributed by atoms with Crippen LogP contribution in [0.3, 0.4) is 0 Å². The molecule has 0 aromatic heterocycles. The van der Waals surface area contributed by atoms with Crippen LogP contribution in [0.15, 0.2) is 29.3 Å². The van der Waals surface area contributed by atoms with Gasteiger partial charge in [-0.05, 0) is 37.0 Å². The summed E-state index contributed by atoms with van der Waals surface area (Å²) in [4.78, 5) is 4.46. The van der Waals surface area contributed by atoms with Crippen molar-refractivity contribution < 1.29 is 5.11 Å². The number of nitrogens with two attached hydrogens (primary N) is 1. The molecule has 2 aliphatic rings. The molecule has 3 nitrogen and oxygen atoms in total. The third kappa shape index (κ3) is 2.16. The molecule has 0 saturated heterocycles. The number of phenolic OH excluding ortho intramolecular Hbond substituents is 1. The first-order chi connectivity index (χ1) is 8.65. The maximum atomic E-state index is 9.50. The average molecular weight is 263 g/mol. The quantitative estimate of drug-likeness (QED) is 0.861. The highest BCUT2D eigenvalue weighted by atomic mass is 35.5. The van der Waals surface area contributed by atoms with Crippen molar-refractivity contribution in [1.29, 1.82) is 0 Å². The minimum absolute atomic E-state index is 0.205. The Bertz CT molecular complexity index is 539. The fourth-order valence-electron chi connectivity index (χ4n) is 2.44. The van der Waals surface area contributed by atoms with Crippen LogP contribution in [0.2, 0.25) is 5.02 Å². The molecule has 1 aromatic rings. The lowest BCUT2D eigenvalue weighted by Gasteiger charge is -2.15. The van der Waals surface area contributed by atoms with E-state index in [1.807, 2.05) is 6.21 Å². The lowest BCUT2D eigenvalue weighted by molar-refractivity contribution is 0.475. The molecule has 3 N–H and O–H groups in total. The van der Waals surface area contributed by atoms with Gasteiger partial charge in [0.25, 0.3) is 0 Å². The van der Waals surface area contributed by atoms with Crippen LogP contribution in [-0.2, 0) is 0 Å². The number of rotatable bonds is 2. The molecule has 1 aromatic carbocycles. The molecule has 1 saturated carbocycles. The Labute approximate surface area is 111 Å². The van der Waals surface area contributed by atoms with E-state index in [-0.39, 0.29) is 5.75 Å². The van der Waals surface area contributed by atoms with Gasteiger partial charge in [-0.1, -0.05) is 17.7 Å². The fraction of sp³-hybridized carbons (Fsp3) is 0.357. The first kappa shape index (κ1) is 11.8. The van der Waals surface area contributed by atoms with E-state index in [4.69, 9.17) is 17.3 Å². The van der Waals surface area contributed by atoms with E-state index in [0.717, 1.165) is 24.1 Å². The summed E-state index contributed by atoms with van der Waals surface area (Å²) in [5.41, 5.74) is 7.47. The predicted octanol–water partition coefficient (Wildman–Crippen LogP) is 2.82. The Morgan fingerprint density at radius 1 is 1.39 bits per heavy atom. The predicted molar refractivity (Wildman–Crippen MR) is 73.8 cm³/mol. The number of nitrogens with zero attached hydrogens (tertiary/aromatic N) is 1. The van der Waals surface area contributed by atoms with Gasteiger partial charge >= 0.3 is 0 Å². The normalized spacial score (nSPS) is 30.1. The van der Waals surface area contributed by atoms with Crippen LogP contribution in [0, 0.1) is 11.8 Å². The van der Waals surface area contributed by atoms with Crippen molar-refractivity contribution in [1.82, 2.24) is 0 Å². The summed E-state index contributed by atoms with van der Waals surface area (Å²) < 4.78 is 0. The van der Waals surface area contributed by atoms with Crippen molar-refractivity contribution >= 4 is 23.5 Å². The van der Waals surface area contributed by atoms with Crippen molar-refractivity contribution in [2.75, 3.05) is 0 Å². The van der Waals surface area contributed by atoms with Gasteiger partial charge in [-0.2, -0.15) is 0 Å². The fourth-order valence-corrected chi connectivity index (χ4v) is 2.65. The first-order valence-electron chi connectivity index (χ1n) is 6.14. The second kappa shape index (κ2) is 4.41. The van der Waals surface area contributed by atoms with E-state index in [1.165, 1.54) is 0 Å². The van der Waals surface area contributed by atoms with Crippen LogP contribution < -0.4 is 5.73 Å². The Hall–Kier alpha value is -1.32. The summed E-state index contributed by atoms with van der Waals surface area (Å²) in [6, 6.07) is 5.26. The molecule has 0 radical (unpaired) electrons. The molecule has 1 aliphatic carbocycles. The van der Waals surface area contributed by atoms with Crippen LogP contribution in [0.5, 0.6) is 5.75 Å². The van der Waals surface area contributed by atoms with Gasteiger partial charge < -0.3 is 10.8 Å². The largest absolute Gasteiger partial charge is 0.508 e. The lowest BCUT2D eigenvalue weighted by Crippen LogP contribution is -2.13. The van der Waals surface area contributed by atoms with Crippen molar-refractivity contribution in [3.05, 3.63) is 34.9 Å². The molecule has 0 spiro atoms. The number of phenols is 1. The highest BCUT2D eigenvalue weighted by molar-refractivity contribution is 6.32. The van der Waals surface area contributed by atoms with E-state index < -0.39 is 0 Å². The zero-order valence-corrected chi connectivity index (χ0v) is 10.6. The molecule has 3 atom stereocenters. The van der Waals surface area contributed by atoms with Gasteiger partial charge in [0.1, 0.15) is 5.75 Å². The summed E-state index contributed by atoms with van der Waals surface area (Å²) in [5, 5.41) is 10.1. The van der Waals surface area contributed by atoms with Crippen molar-refractivity contribution in [2.24, 2.45) is 22.6 Å². The van der Waals surface area contributed by atoms with Crippen LogP contribution in [0.25, 0.3) is 5.70 Å². The zero-order chi connectivity index (χ0) is 12.7. The Kier molecular flexibility index (Phi) is 2.88. The molecular formula is C14H15ClN2O. The number of halogens is 1. The van der Waals surface area contributed by atoms with Crippen molar-refractivity contribution in [3.63, 3.8) is 0 Å². The zero-order valence-electron chi connectivity index (χ0n) is 9.88. The van der Waals surface area contributed by atoms with Gasteiger partial charge in [-0.3, -0.25) is 4.99 Å². The van der Waals surface area contributed by atoms with Crippen LogP contribution in [0.4, 0.5) is 0 Å². The van der Waals surface area contributed by atoms with Gasteiger partial charge in [0, 0.05) is 23.7 Å². The number of hydrogen-bond donors (Lipinski definition) is 2. The standard InChI is InChI=1S/C14H15ClN2O/c15-12-3-2-9(18)5-11(12)14-4-1-8(7-17-14)10-6-13(10)16/h2-5,7-8,10,13,18H,1,6,16H2/t8?,10-,13+/m1/s1. The average Bonchev–Trinajstić information content (AvgIpc) is 3.10. The maximum absolute atomic E-state index is 9.50. The second-order valence-corrected chi connectivity index (χ2v) is 5.40. The summed E-state index contributed by atoms with van der Waals surface area (Å²) >= 11 is 6.12. The molecule has 1 aliphatic heterocycles. The van der Waals surface area contributed by atoms with Gasteiger partial charge in [0.15, 0.2) is 0 Å². The molecule has 0 amide bonds. The van der Waals surface area contributed by atoms with E-state index in [1.54, 1.807) is 18.2 Å². The molecular weight excluding hydrogens is 248 g/mol. The van der Waals surface area contributed by atoms with E-state index in [2.05, 4.69) is 11.1 Å².